The molecule has 2 rings (SSSR count). The number of carbonyl (C=O) groups is 1. The van der Waals surface area contributed by atoms with E-state index in [9.17, 15) is 4.79 Å². The zero-order valence-electron chi connectivity index (χ0n) is 9.54. The summed E-state index contributed by atoms with van der Waals surface area (Å²) in [6.07, 6.45) is 3.44. The summed E-state index contributed by atoms with van der Waals surface area (Å²) < 4.78 is 6.61. The molecule has 0 saturated carbocycles. The zero-order chi connectivity index (χ0) is 12.4. The quantitative estimate of drug-likeness (QED) is 0.877. The molecule has 0 amide bonds. The maximum Gasteiger partial charge on any atom is 0.337 e. The number of benzene rings is 1. The molecule has 0 aliphatic rings. The molecule has 0 aliphatic carbocycles. The Labute approximate surface area is 98.3 Å². The number of ether oxygens (including phenoxy) is 1. The molecule has 5 heteroatoms. The molecule has 1 aromatic heterocycles. The lowest BCUT2D eigenvalue weighted by Crippen LogP contribution is -2.06. The van der Waals surface area contributed by atoms with Crippen molar-refractivity contribution in [1.82, 2.24) is 9.78 Å². The second-order valence-corrected chi connectivity index (χ2v) is 3.65. The van der Waals surface area contributed by atoms with Crippen LogP contribution in [0.2, 0.25) is 0 Å². The lowest BCUT2D eigenvalue weighted by atomic mass is 10.1. The van der Waals surface area contributed by atoms with Gasteiger partial charge in [0.2, 0.25) is 0 Å². The first-order valence-electron chi connectivity index (χ1n) is 5.05. The lowest BCUT2D eigenvalue weighted by Gasteiger charge is -2.08. The van der Waals surface area contributed by atoms with Gasteiger partial charge in [0.15, 0.2) is 0 Å². The Hall–Kier alpha value is -2.30. The van der Waals surface area contributed by atoms with Gasteiger partial charge in [-0.2, -0.15) is 5.10 Å². The summed E-state index contributed by atoms with van der Waals surface area (Å²) >= 11 is 0. The first-order chi connectivity index (χ1) is 8.11. The number of aromatic carboxylic acids is 1. The van der Waals surface area contributed by atoms with Gasteiger partial charge in [0.25, 0.3) is 0 Å². The van der Waals surface area contributed by atoms with E-state index in [1.165, 1.54) is 17.9 Å². The van der Waals surface area contributed by atoms with Crippen molar-refractivity contribution in [2.45, 2.75) is 6.92 Å². The topological polar surface area (TPSA) is 64.3 Å². The van der Waals surface area contributed by atoms with Crippen molar-refractivity contribution in [2.75, 3.05) is 7.11 Å². The van der Waals surface area contributed by atoms with Crippen molar-refractivity contribution in [3.63, 3.8) is 0 Å². The molecule has 0 fully saturated rings. The predicted octanol–water partition coefficient (Wildman–Crippen LogP) is 1.89. The van der Waals surface area contributed by atoms with Gasteiger partial charge in [-0.15, -0.1) is 0 Å². The Morgan fingerprint density at radius 2 is 2.24 bits per heavy atom. The van der Waals surface area contributed by atoms with E-state index >= 15 is 0 Å². The van der Waals surface area contributed by atoms with Crippen LogP contribution in [0.25, 0.3) is 5.69 Å². The zero-order valence-corrected chi connectivity index (χ0v) is 9.54. The Morgan fingerprint density at radius 3 is 2.76 bits per heavy atom. The van der Waals surface area contributed by atoms with E-state index < -0.39 is 5.97 Å². The summed E-state index contributed by atoms with van der Waals surface area (Å²) in [4.78, 5) is 11.1. The summed E-state index contributed by atoms with van der Waals surface area (Å²) in [6, 6.07) is 4.77. The molecule has 0 aliphatic heterocycles. The van der Waals surface area contributed by atoms with E-state index in [1.807, 2.05) is 6.92 Å². The Kier molecular flexibility index (Phi) is 2.82. The highest BCUT2D eigenvalue weighted by molar-refractivity contribution is 5.92. The van der Waals surface area contributed by atoms with Gasteiger partial charge in [-0.1, -0.05) is 0 Å². The summed E-state index contributed by atoms with van der Waals surface area (Å²) in [6.45, 7) is 1.89. The van der Waals surface area contributed by atoms with E-state index in [4.69, 9.17) is 9.84 Å². The van der Waals surface area contributed by atoms with Crippen molar-refractivity contribution in [1.29, 1.82) is 0 Å². The van der Waals surface area contributed by atoms with E-state index in [-0.39, 0.29) is 5.56 Å². The van der Waals surface area contributed by atoms with Crippen LogP contribution in [0.4, 0.5) is 0 Å². The van der Waals surface area contributed by atoms with Crippen LogP contribution in [-0.4, -0.2) is 28.0 Å². The number of aromatic nitrogens is 2. The van der Waals surface area contributed by atoms with Crippen molar-refractivity contribution in [3.8, 4) is 11.4 Å². The van der Waals surface area contributed by atoms with Gasteiger partial charge in [0.1, 0.15) is 5.75 Å². The third kappa shape index (κ3) is 2.13. The lowest BCUT2D eigenvalue weighted by molar-refractivity contribution is 0.0696. The molecule has 0 unspecified atom stereocenters. The number of methoxy groups -OCH3 is 1. The molecule has 0 atom stereocenters. The maximum atomic E-state index is 11.1. The fourth-order valence-electron chi connectivity index (χ4n) is 1.55. The average Bonchev–Trinajstić information content (AvgIpc) is 2.75. The van der Waals surface area contributed by atoms with Crippen molar-refractivity contribution in [3.05, 3.63) is 41.7 Å². The van der Waals surface area contributed by atoms with Gasteiger partial charge < -0.3 is 9.84 Å². The minimum atomic E-state index is -0.990. The van der Waals surface area contributed by atoms with Gasteiger partial charge in [0.05, 0.1) is 24.6 Å². The monoisotopic (exact) mass is 232 g/mol. The van der Waals surface area contributed by atoms with Crippen molar-refractivity contribution < 1.29 is 14.6 Å². The van der Waals surface area contributed by atoms with Crippen molar-refractivity contribution in [2.24, 2.45) is 0 Å². The normalized spacial score (nSPS) is 10.2. The number of nitrogens with zero attached hydrogens (tertiary/aromatic N) is 2. The van der Waals surface area contributed by atoms with Crippen LogP contribution in [0.15, 0.2) is 30.6 Å². The average molecular weight is 232 g/mol. The van der Waals surface area contributed by atoms with Crippen LogP contribution in [0.5, 0.6) is 5.75 Å². The van der Waals surface area contributed by atoms with Gasteiger partial charge in [-0.3, -0.25) is 0 Å². The smallest absolute Gasteiger partial charge is 0.337 e. The first-order valence-corrected chi connectivity index (χ1v) is 5.05. The minimum Gasteiger partial charge on any atom is -0.497 e. The predicted molar refractivity (Wildman–Crippen MR) is 61.8 cm³/mol. The summed E-state index contributed by atoms with van der Waals surface area (Å²) in [5.41, 5.74) is 1.64. The Balaban J connectivity index is 2.60. The number of hydrogen-bond donors (Lipinski definition) is 1. The van der Waals surface area contributed by atoms with Crippen molar-refractivity contribution >= 4 is 5.97 Å². The number of aryl methyl sites for hydroxylation is 1. The van der Waals surface area contributed by atoms with Crippen LogP contribution in [0, 0.1) is 6.92 Å². The second kappa shape index (κ2) is 4.29. The van der Waals surface area contributed by atoms with Gasteiger partial charge in [0, 0.05) is 12.3 Å². The van der Waals surface area contributed by atoms with E-state index in [2.05, 4.69) is 5.10 Å². The molecule has 1 heterocycles. The Bertz CT molecular complexity index is 561. The highest BCUT2D eigenvalue weighted by atomic mass is 16.5. The van der Waals surface area contributed by atoms with Gasteiger partial charge in [-0.25, -0.2) is 9.48 Å². The van der Waals surface area contributed by atoms with Crippen LogP contribution < -0.4 is 4.74 Å². The third-order valence-electron chi connectivity index (χ3n) is 2.39. The first kappa shape index (κ1) is 11.2. The molecule has 88 valence electrons. The standard InChI is InChI=1S/C12H12N2O3/c1-8-6-13-14(7-8)11-5-9(17-2)3-4-10(11)12(15)16/h3-7H,1-2H3,(H,15,16). The van der Waals surface area contributed by atoms with E-state index in [0.717, 1.165) is 5.56 Å². The summed E-state index contributed by atoms with van der Waals surface area (Å²) in [7, 11) is 1.54. The second-order valence-electron chi connectivity index (χ2n) is 3.65. The number of hydrogen-bond acceptors (Lipinski definition) is 3. The molecular weight excluding hydrogens is 220 g/mol. The van der Waals surface area contributed by atoms with E-state index in [0.29, 0.717) is 11.4 Å². The number of carboxylic acid groups (broad SMARTS) is 1. The number of rotatable bonds is 3. The highest BCUT2D eigenvalue weighted by Crippen LogP contribution is 2.21. The molecule has 0 radical (unpaired) electrons. The third-order valence-corrected chi connectivity index (χ3v) is 2.39. The van der Waals surface area contributed by atoms with Crippen LogP contribution >= 0.6 is 0 Å². The minimum absolute atomic E-state index is 0.189. The molecule has 1 N–H and O–H groups in total. The van der Waals surface area contributed by atoms with Crippen LogP contribution in [0.3, 0.4) is 0 Å². The molecular formula is C12H12N2O3. The van der Waals surface area contributed by atoms with Gasteiger partial charge >= 0.3 is 5.97 Å². The Morgan fingerprint density at radius 1 is 1.47 bits per heavy atom. The van der Waals surface area contributed by atoms with Crippen LogP contribution in [0.1, 0.15) is 15.9 Å². The summed E-state index contributed by atoms with van der Waals surface area (Å²) in [5, 5.41) is 13.2. The molecule has 0 saturated heterocycles. The molecule has 5 nitrogen and oxygen atoms in total. The van der Waals surface area contributed by atoms with E-state index in [1.54, 1.807) is 24.5 Å². The van der Waals surface area contributed by atoms with Crippen LogP contribution in [-0.2, 0) is 0 Å². The molecule has 2 aromatic rings. The largest absolute Gasteiger partial charge is 0.497 e. The fourth-order valence-corrected chi connectivity index (χ4v) is 1.55. The molecule has 0 bridgehead atoms. The maximum absolute atomic E-state index is 11.1. The number of carboxylic acids is 1. The summed E-state index contributed by atoms with van der Waals surface area (Å²) in [5.74, 6) is -0.394. The van der Waals surface area contributed by atoms with Gasteiger partial charge in [-0.05, 0) is 24.6 Å². The molecule has 0 spiro atoms. The fraction of sp³-hybridized carbons (Fsp3) is 0.167. The highest BCUT2D eigenvalue weighted by Gasteiger charge is 2.13. The molecule has 17 heavy (non-hydrogen) atoms. The SMILES string of the molecule is COc1ccc(C(=O)O)c(-n2cc(C)cn2)c1. The molecule has 1 aromatic carbocycles.